The van der Waals surface area contributed by atoms with Crippen molar-refractivity contribution in [2.24, 2.45) is 0 Å². The first kappa shape index (κ1) is 12.3. The quantitative estimate of drug-likeness (QED) is 0.603. The fourth-order valence-electron chi connectivity index (χ4n) is 1.27. The Kier molecular flexibility index (Phi) is 4.11. The number of benzene rings is 1. The highest BCUT2D eigenvalue weighted by atomic mass is 16.1. The molecule has 1 rings (SSSR count). The zero-order chi connectivity index (χ0) is 12.1. The Morgan fingerprint density at radius 2 is 2.12 bits per heavy atom. The van der Waals surface area contributed by atoms with Crippen molar-refractivity contribution < 1.29 is 4.79 Å². The average molecular weight is 218 g/mol. The van der Waals surface area contributed by atoms with Crippen LogP contribution < -0.4 is 11.1 Å². The molecule has 0 saturated heterocycles. The van der Waals surface area contributed by atoms with Gasteiger partial charge in [0.15, 0.2) is 0 Å². The first-order valence-corrected chi connectivity index (χ1v) is 5.33. The Bertz CT molecular complexity index is 408. The molecule has 3 heteroatoms. The highest BCUT2D eigenvalue weighted by molar-refractivity contribution is 5.92. The molecule has 3 nitrogen and oxygen atoms in total. The van der Waals surface area contributed by atoms with Gasteiger partial charge in [0.05, 0.1) is 0 Å². The number of carbonyl (C=O) groups excluding carboxylic acids is 1. The molecule has 0 spiro atoms. The molecule has 0 aliphatic heterocycles. The lowest BCUT2D eigenvalue weighted by atomic mass is 10.1. The second-order valence-corrected chi connectivity index (χ2v) is 4.11. The largest absolute Gasteiger partial charge is 0.398 e. The number of nitrogen functional groups attached to an aromatic ring is 1. The zero-order valence-electron chi connectivity index (χ0n) is 9.95. The van der Waals surface area contributed by atoms with E-state index in [1.54, 1.807) is 6.08 Å². The Morgan fingerprint density at radius 3 is 2.69 bits per heavy atom. The smallest absolute Gasteiger partial charge is 0.244 e. The first-order chi connectivity index (χ1) is 7.49. The van der Waals surface area contributed by atoms with Crippen LogP contribution in [-0.2, 0) is 4.79 Å². The summed E-state index contributed by atoms with van der Waals surface area (Å²) < 4.78 is 0. The van der Waals surface area contributed by atoms with Gasteiger partial charge in [-0.15, -0.1) is 0 Å². The van der Waals surface area contributed by atoms with Crippen molar-refractivity contribution in [1.29, 1.82) is 0 Å². The van der Waals surface area contributed by atoms with Crippen molar-refractivity contribution in [3.63, 3.8) is 0 Å². The minimum atomic E-state index is -0.0888. The Labute approximate surface area is 96.3 Å². The van der Waals surface area contributed by atoms with Crippen molar-refractivity contribution in [1.82, 2.24) is 5.32 Å². The van der Waals surface area contributed by atoms with Gasteiger partial charge in [0.2, 0.25) is 5.91 Å². The van der Waals surface area contributed by atoms with E-state index < -0.39 is 0 Å². The summed E-state index contributed by atoms with van der Waals surface area (Å²) in [5.41, 5.74) is 8.49. The molecule has 0 saturated carbocycles. The number of nitrogens with two attached hydrogens (primary N) is 1. The normalized spacial score (nSPS) is 11.0. The molecule has 1 aromatic rings. The minimum Gasteiger partial charge on any atom is -0.398 e. The fraction of sp³-hybridized carbons (Fsp3) is 0.308. The Morgan fingerprint density at radius 1 is 1.44 bits per heavy atom. The van der Waals surface area contributed by atoms with Crippen LogP contribution in [0.4, 0.5) is 5.69 Å². The van der Waals surface area contributed by atoms with Crippen molar-refractivity contribution in [2.45, 2.75) is 26.8 Å². The summed E-state index contributed by atoms with van der Waals surface area (Å²) in [6, 6.07) is 5.88. The molecule has 1 aromatic carbocycles. The van der Waals surface area contributed by atoms with Gasteiger partial charge in [-0.2, -0.15) is 0 Å². The number of nitrogens with one attached hydrogen (secondary N) is 1. The molecule has 86 valence electrons. The maximum Gasteiger partial charge on any atom is 0.244 e. The van der Waals surface area contributed by atoms with Crippen molar-refractivity contribution in [2.75, 3.05) is 5.73 Å². The molecule has 0 heterocycles. The average Bonchev–Trinajstić information content (AvgIpc) is 2.19. The second-order valence-electron chi connectivity index (χ2n) is 4.11. The zero-order valence-corrected chi connectivity index (χ0v) is 9.95. The van der Waals surface area contributed by atoms with Crippen LogP contribution in [0.2, 0.25) is 0 Å². The van der Waals surface area contributed by atoms with Crippen LogP contribution in [0.5, 0.6) is 0 Å². The van der Waals surface area contributed by atoms with Crippen LogP contribution in [-0.4, -0.2) is 11.9 Å². The number of hydrogen-bond donors (Lipinski definition) is 2. The van der Waals surface area contributed by atoms with Crippen molar-refractivity contribution in [3.05, 3.63) is 35.4 Å². The van der Waals surface area contributed by atoms with Gasteiger partial charge in [-0.25, -0.2) is 0 Å². The lowest BCUT2D eigenvalue weighted by molar-refractivity contribution is -0.116. The molecule has 16 heavy (non-hydrogen) atoms. The standard InChI is InChI=1S/C13H18N2O/c1-9(2)15-13(16)7-6-11-5-4-10(3)12(14)8-11/h4-9H,14H2,1-3H3,(H,15,16)/b7-6+. The topological polar surface area (TPSA) is 55.1 Å². The lowest BCUT2D eigenvalue weighted by Gasteiger charge is -2.04. The van der Waals surface area contributed by atoms with Gasteiger partial charge in [-0.05, 0) is 44.0 Å². The van der Waals surface area contributed by atoms with E-state index in [2.05, 4.69) is 5.32 Å². The summed E-state index contributed by atoms with van der Waals surface area (Å²) in [7, 11) is 0. The number of amides is 1. The summed E-state index contributed by atoms with van der Waals surface area (Å²) in [4.78, 5) is 11.3. The van der Waals surface area contributed by atoms with Crippen LogP contribution in [0.15, 0.2) is 24.3 Å². The SMILES string of the molecule is Cc1ccc(/C=C/C(=O)NC(C)C)cc1N. The van der Waals surface area contributed by atoms with Gasteiger partial charge in [-0.1, -0.05) is 12.1 Å². The second kappa shape index (κ2) is 5.35. The predicted octanol–water partition coefficient (Wildman–Crippen LogP) is 2.12. The molecular formula is C13H18N2O. The third-order valence-electron chi connectivity index (χ3n) is 2.16. The summed E-state index contributed by atoms with van der Waals surface area (Å²) in [6.07, 6.45) is 3.28. The van der Waals surface area contributed by atoms with Crippen LogP contribution >= 0.6 is 0 Å². The molecule has 0 aliphatic rings. The monoisotopic (exact) mass is 218 g/mol. The fourth-order valence-corrected chi connectivity index (χ4v) is 1.27. The third kappa shape index (κ3) is 3.77. The minimum absolute atomic E-state index is 0.0888. The first-order valence-electron chi connectivity index (χ1n) is 5.33. The molecule has 3 N–H and O–H groups in total. The van der Waals surface area contributed by atoms with Gasteiger partial charge < -0.3 is 11.1 Å². The molecule has 0 bridgehead atoms. The lowest BCUT2D eigenvalue weighted by Crippen LogP contribution is -2.28. The van der Waals surface area contributed by atoms with E-state index in [0.29, 0.717) is 0 Å². The number of aryl methyl sites for hydroxylation is 1. The van der Waals surface area contributed by atoms with Gasteiger partial charge in [-0.3, -0.25) is 4.79 Å². The molecule has 0 aromatic heterocycles. The van der Waals surface area contributed by atoms with E-state index in [1.165, 1.54) is 6.08 Å². The molecular weight excluding hydrogens is 200 g/mol. The van der Waals surface area contributed by atoms with E-state index in [0.717, 1.165) is 16.8 Å². The van der Waals surface area contributed by atoms with Crippen molar-refractivity contribution >= 4 is 17.7 Å². The number of carbonyl (C=O) groups is 1. The molecule has 0 fully saturated rings. The van der Waals surface area contributed by atoms with Gasteiger partial charge in [0.25, 0.3) is 0 Å². The highest BCUT2D eigenvalue weighted by Gasteiger charge is 1.98. The van der Waals surface area contributed by atoms with Crippen LogP contribution in [0.1, 0.15) is 25.0 Å². The highest BCUT2D eigenvalue weighted by Crippen LogP contribution is 2.13. The third-order valence-corrected chi connectivity index (χ3v) is 2.16. The van der Waals surface area contributed by atoms with Gasteiger partial charge >= 0.3 is 0 Å². The molecule has 0 unspecified atom stereocenters. The van der Waals surface area contributed by atoms with E-state index in [1.807, 2.05) is 39.0 Å². The Hall–Kier alpha value is -1.77. The molecule has 0 radical (unpaired) electrons. The van der Waals surface area contributed by atoms with Gasteiger partial charge in [0.1, 0.15) is 0 Å². The summed E-state index contributed by atoms with van der Waals surface area (Å²) in [5.74, 6) is -0.0888. The van der Waals surface area contributed by atoms with E-state index in [9.17, 15) is 4.79 Å². The molecule has 0 aliphatic carbocycles. The maximum absolute atomic E-state index is 11.3. The van der Waals surface area contributed by atoms with Crippen LogP contribution in [0.25, 0.3) is 6.08 Å². The Balaban J connectivity index is 2.69. The van der Waals surface area contributed by atoms with E-state index in [-0.39, 0.29) is 11.9 Å². The predicted molar refractivity (Wildman–Crippen MR) is 67.9 cm³/mol. The van der Waals surface area contributed by atoms with Gasteiger partial charge in [0, 0.05) is 17.8 Å². The van der Waals surface area contributed by atoms with E-state index in [4.69, 9.17) is 5.73 Å². The molecule has 0 atom stereocenters. The molecule has 1 amide bonds. The summed E-state index contributed by atoms with van der Waals surface area (Å²) >= 11 is 0. The summed E-state index contributed by atoms with van der Waals surface area (Å²) in [6.45, 7) is 5.81. The number of hydrogen-bond acceptors (Lipinski definition) is 2. The summed E-state index contributed by atoms with van der Waals surface area (Å²) in [5, 5.41) is 2.78. The van der Waals surface area contributed by atoms with Crippen LogP contribution in [0, 0.1) is 6.92 Å². The van der Waals surface area contributed by atoms with E-state index >= 15 is 0 Å². The number of anilines is 1. The van der Waals surface area contributed by atoms with Crippen LogP contribution in [0.3, 0.4) is 0 Å². The van der Waals surface area contributed by atoms with Crippen molar-refractivity contribution in [3.8, 4) is 0 Å². The maximum atomic E-state index is 11.3. The number of rotatable bonds is 3.